The summed E-state index contributed by atoms with van der Waals surface area (Å²) in [5, 5.41) is 6.97. The Balaban J connectivity index is 1.63. The molecule has 1 N–H and O–H groups in total. The molecule has 0 radical (unpaired) electrons. The molecule has 1 aliphatic rings. The van der Waals surface area contributed by atoms with Crippen molar-refractivity contribution in [2.75, 3.05) is 19.5 Å². The lowest BCUT2D eigenvalue weighted by Gasteiger charge is -2.25. The Morgan fingerprint density at radius 1 is 1.18 bits per heavy atom. The number of nitrogens with one attached hydrogen (secondary N) is 1. The molecular weight excluding hydrogens is 366 g/mol. The van der Waals surface area contributed by atoms with Crippen LogP contribution < -0.4 is 5.32 Å². The van der Waals surface area contributed by atoms with Crippen LogP contribution in [-0.4, -0.2) is 41.8 Å². The van der Waals surface area contributed by atoms with Gasteiger partial charge in [-0.05, 0) is 25.0 Å². The van der Waals surface area contributed by atoms with Crippen LogP contribution in [-0.2, 0) is 25.6 Å². The smallest absolute Gasteiger partial charge is 0.373 e. The molecular formula is C19H21N3O6. The monoisotopic (exact) mass is 387 g/mol. The van der Waals surface area contributed by atoms with Crippen LogP contribution in [0.15, 0.2) is 41.1 Å². The maximum atomic E-state index is 12.6. The van der Waals surface area contributed by atoms with Gasteiger partial charge in [0.2, 0.25) is 11.7 Å². The third-order valence-electron chi connectivity index (χ3n) is 4.54. The Labute approximate surface area is 161 Å². The zero-order valence-corrected chi connectivity index (χ0v) is 15.6. The quantitative estimate of drug-likeness (QED) is 0.596. The van der Waals surface area contributed by atoms with Gasteiger partial charge in [-0.3, -0.25) is 14.3 Å². The van der Waals surface area contributed by atoms with Crippen molar-refractivity contribution in [1.29, 1.82) is 0 Å². The molecule has 9 heteroatoms. The van der Waals surface area contributed by atoms with E-state index in [0.29, 0.717) is 24.3 Å². The number of esters is 2. The number of carbonyl (C=O) groups excluding carboxylic acids is 3. The predicted octanol–water partition coefficient (Wildman–Crippen LogP) is 2.00. The molecule has 2 aromatic heterocycles. The van der Waals surface area contributed by atoms with Crippen molar-refractivity contribution >= 4 is 23.5 Å². The number of nitrogens with zero attached hydrogens (tertiary/aromatic N) is 2. The largest absolute Gasteiger partial charge is 0.469 e. The van der Waals surface area contributed by atoms with Gasteiger partial charge in [-0.25, -0.2) is 4.79 Å². The first-order chi connectivity index (χ1) is 13.5. The number of hydrogen-bond donors (Lipinski definition) is 1. The molecule has 2 heterocycles. The molecule has 1 amide bonds. The first-order valence-electron chi connectivity index (χ1n) is 8.75. The number of ether oxygens (including phenoxy) is 2. The van der Waals surface area contributed by atoms with Gasteiger partial charge in [0.1, 0.15) is 5.76 Å². The van der Waals surface area contributed by atoms with E-state index in [0.717, 1.165) is 0 Å². The van der Waals surface area contributed by atoms with E-state index in [1.165, 1.54) is 26.5 Å². The molecule has 28 heavy (non-hydrogen) atoms. The SMILES string of the molecule is COC(=O)c1ccc(Cn2cc(NC(=O)[C@@H]3CC=CC[C@@H]3C(=O)OC)cn2)o1. The first kappa shape index (κ1) is 19.4. The van der Waals surface area contributed by atoms with E-state index >= 15 is 0 Å². The van der Waals surface area contributed by atoms with E-state index in [9.17, 15) is 14.4 Å². The highest BCUT2D eigenvalue weighted by atomic mass is 16.5. The van der Waals surface area contributed by atoms with E-state index < -0.39 is 17.8 Å². The van der Waals surface area contributed by atoms with Crippen LogP contribution in [0.5, 0.6) is 0 Å². The van der Waals surface area contributed by atoms with Crippen LogP contribution in [0.3, 0.4) is 0 Å². The van der Waals surface area contributed by atoms with E-state index in [4.69, 9.17) is 9.15 Å². The van der Waals surface area contributed by atoms with Gasteiger partial charge in [-0.2, -0.15) is 5.10 Å². The highest BCUT2D eigenvalue weighted by Gasteiger charge is 2.34. The number of allylic oxidation sites excluding steroid dienone is 2. The normalized spacial score (nSPS) is 18.5. The number of carbonyl (C=O) groups is 3. The summed E-state index contributed by atoms with van der Waals surface area (Å²) in [6.45, 7) is 0.282. The number of rotatable bonds is 6. The third-order valence-corrected chi connectivity index (χ3v) is 4.54. The predicted molar refractivity (Wildman–Crippen MR) is 97.4 cm³/mol. The van der Waals surface area contributed by atoms with Crippen molar-refractivity contribution in [3.63, 3.8) is 0 Å². The Kier molecular flexibility index (Phi) is 5.93. The van der Waals surface area contributed by atoms with Crippen molar-refractivity contribution in [3.8, 4) is 0 Å². The molecule has 0 fully saturated rings. The van der Waals surface area contributed by atoms with E-state index in [-0.39, 0.29) is 24.2 Å². The standard InChI is InChI=1S/C19H21N3O6/c1-26-18(24)15-6-4-3-5-14(15)17(23)21-12-9-20-22(10-12)11-13-7-8-16(28-13)19(25)27-2/h3-4,7-10,14-15H,5-6,11H2,1-2H3,(H,21,23)/t14-,15+/m1/s1. The lowest BCUT2D eigenvalue weighted by atomic mass is 9.82. The average Bonchev–Trinajstić information content (AvgIpc) is 3.36. The Bertz CT molecular complexity index is 897. The van der Waals surface area contributed by atoms with Gasteiger partial charge < -0.3 is 19.2 Å². The van der Waals surface area contributed by atoms with Gasteiger partial charge >= 0.3 is 11.9 Å². The van der Waals surface area contributed by atoms with Crippen LogP contribution in [0.25, 0.3) is 0 Å². The number of hydrogen-bond acceptors (Lipinski definition) is 7. The van der Waals surface area contributed by atoms with Crippen molar-refractivity contribution in [3.05, 3.63) is 48.2 Å². The second kappa shape index (κ2) is 8.55. The molecule has 148 valence electrons. The number of amides is 1. The second-order valence-corrected chi connectivity index (χ2v) is 6.35. The Morgan fingerprint density at radius 2 is 1.93 bits per heavy atom. The summed E-state index contributed by atoms with van der Waals surface area (Å²) in [4.78, 5) is 36.0. The molecule has 2 atom stereocenters. The molecule has 2 aromatic rings. The maximum Gasteiger partial charge on any atom is 0.373 e. The third kappa shape index (κ3) is 4.30. The van der Waals surface area contributed by atoms with Crippen LogP contribution in [0.4, 0.5) is 5.69 Å². The number of anilines is 1. The van der Waals surface area contributed by atoms with Crippen LogP contribution in [0, 0.1) is 11.8 Å². The van der Waals surface area contributed by atoms with E-state index in [1.54, 1.807) is 16.9 Å². The molecule has 0 aliphatic heterocycles. The summed E-state index contributed by atoms with van der Waals surface area (Å²) in [5.41, 5.74) is 0.503. The lowest BCUT2D eigenvalue weighted by Crippen LogP contribution is -2.35. The summed E-state index contributed by atoms with van der Waals surface area (Å²) < 4.78 is 16.4. The fourth-order valence-electron chi connectivity index (χ4n) is 3.10. The van der Waals surface area contributed by atoms with Crippen LogP contribution in [0.1, 0.15) is 29.2 Å². The topological polar surface area (TPSA) is 113 Å². The number of methoxy groups -OCH3 is 2. The summed E-state index contributed by atoms with van der Waals surface area (Å²) >= 11 is 0. The van der Waals surface area contributed by atoms with E-state index in [1.807, 2.05) is 12.2 Å². The summed E-state index contributed by atoms with van der Waals surface area (Å²) in [6, 6.07) is 3.18. The molecule has 3 rings (SSSR count). The zero-order valence-electron chi connectivity index (χ0n) is 15.6. The maximum absolute atomic E-state index is 12.6. The number of aromatic nitrogens is 2. The molecule has 0 bridgehead atoms. The van der Waals surface area contributed by atoms with Crippen molar-refractivity contribution in [2.45, 2.75) is 19.4 Å². The molecule has 9 nitrogen and oxygen atoms in total. The highest BCUT2D eigenvalue weighted by Crippen LogP contribution is 2.28. The highest BCUT2D eigenvalue weighted by molar-refractivity contribution is 5.95. The van der Waals surface area contributed by atoms with Gasteiger partial charge in [-0.1, -0.05) is 12.2 Å². The summed E-state index contributed by atoms with van der Waals surface area (Å²) in [6.07, 6.45) is 7.88. The summed E-state index contributed by atoms with van der Waals surface area (Å²) in [5.74, 6) is -1.56. The van der Waals surface area contributed by atoms with Crippen LogP contribution in [0.2, 0.25) is 0 Å². The average molecular weight is 387 g/mol. The molecule has 0 aromatic carbocycles. The van der Waals surface area contributed by atoms with Gasteiger partial charge in [0.05, 0.1) is 44.5 Å². The molecule has 0 saturated heterocycles. The minimum Gasteiger partial charge on any atom is -0.469 e. The van der Waals surface area contributed by atoms with Crippen molar-refractivity contribution in [1.82, 2.24) is 9.78 Å². The van der Waals surface area contributed by atoms with Crippen molar-refractivity contribution < 1.29 is 28.3 Å². The minimum absolute atomic E-state index is 0.109. The Hall–Kier alpha value is -3.36. The minimum atomic E-state index is -0.554. The van der Waals surface area contributed by atoms with Gasteiger partial charge in [0, 0.05) is 6.20 Å². The number of furan rings is 1. The van der Waals surface area contributed by atoms with Gasteiger partial charge in [0.15, 0.2) is 0 Å². The van der Waals surface area contributed by atoms with Crippen molar-refractivity contribution in [2.24, 2.45) is 11.8 Å². The second-order valence-electron chi connectivity index (χ2n) is 6.35. The molecule has 0 spiro atoms. The zero-order chi connectivity index (χ0) is 20.1. The summed E-state index contributed by atoms with van der Waals surface area (Å²) in [7, 11) is 2.60. The lowest BCUT2D eigenvalue weighted by molar-refractivity contribution is -0.149. The van der Waals surface area contributed by atoms with Gasteiger partial charge in [0.25, 0.3) is 0 Å². The van der Waals surface area contributed by atoms with Gasteiger partial charge in [-0.15, -0.1) is 0 Å². The fourth-order valence-corrected chi connectivity index (χ4v) is 3.10. The molecule has 0 saturated carbocycles. The molecule has 1 aliphatic carbocycles. The fraction of sp³-hybridized carbons (Fsp3) is 0.368. The van der Waals surface area contributed by atoms with E-state index in [2.05, 4.69) is 15.2 Å². The first-order valence-corrected chi connectivity index (χ1v) is 8.75. The van der Waals surface area contributed by atoms with Crippen LogP contribution >= 0.6 is 0 Å². The molecule has 0 unspecified atom stereocenters. The Morgan fingerprint density at radius 3 is 2.64 bits per heavy atom.